The number of carbonyl (C=O) groups is 1. The van der Waals surface area contributed by atoms with E-state index in [-0.39, 0.29) is 19.1 Å². The zero-order valence-corrected chi connectivity index (χ0v) is 37.4. The van der Waals surface area contributed by atoms with Gasteiger partial charge in [0.05, 0.1) is 39.9 Å². The number of phosphoric acid groups is 1. The van der Waals surface area contributed by atoms with Crippen molar-refractivity contribution in [1.82, 2.24) is 5.32 Å². The molecule has 0 rings (SSSR count). The molecule has 0 aliphatic heterocycles. The second kappa shape index (κ2) is 37.8. The lowest BCUT2D eigenvalue weighted by Gasteiger charge is -2.25. The van der Waals surface area contributed by atoms with E-state index in [4.69, 9.17) is 9.05 Å². The second-order valence-corrected chi connectivity index (χ2v) is 18.6. The molecule has 9 heteroatoms. The monoisotopic (exact) mass is 788 g/mol. The maximum atomic E-state index is 12.9. The Morgan fingerprint density at radius 1 is 0.611 bits per heavy atom. The molecular weight excluding hydrogens is 695 g/mol. The van der Waals surface area contributed by atoms with E-state index in [0.717, 1.165) is 32.1 Å². The Hall–Kier alpha value is -0.760. The first-order valence-electron chi connectivity index (χ1n) is 23.1. The number of phosphoric ester groups is 1. The smallest absolute Gasteiger partial charge is 0.387 e. The fourth-order valence-electron chi connectivity index (χ4n) is 6.81. The van der Waals surface area contributed by atoms with Crippen LogP contribution in [0.1, 0.15) is 219 Å². The molecule has 8 nitrogen and oxygen atoms in total. The van der Waals surface area contributed by atoms with Gasteiger partial charge in [-0.05, 0) is 19.3 Å². The van der Waals surface area contributed by atoms with Crippen molar-refractivity contribution < 1.29 is 32.9 Å². The van der Waals surface area contributed by atoms with Crippen LogP contribution in [0.4, 0.5) is 0 Å². The van der Waals surface area contributed by atoms with Crippen LogP contribution in [0.2, 0.25) is 0 Å². The van der Waals surface area contributed by atoms with Gasteiger partial charge in [-0.1, -0.05) is 206 Å². The third-order valence-electron chi connectivity index (χ3n) is 10.5. The van der Waals surface area contributed by atoms with Crippen molar-refractivity contribution in [2.24, 2.45) is 0 Å². The molecule has 3 atom stereocenters. The topological polar surface area (TPSA) is 105 Å². The standard InChI is InChI=1S/C45H91N2O6P/c1-6-8-10-12-14-16-18-20-22-23-25-27-29-31-33-35-37-39-45(49)46-43(42-53-54(50,51)52-41-40-47(3,4)5)44(48)38-36-34-32-30-28-26-24-21-19-17-15-13-11-9-7-2/h36,38,43-44,48H,6-35,37,39-42H2,1-5H3,(H-,46,49,50,51)/p+1/b38-36+. The van der Waals surface area contributed by atoms with Crippen molar-refractivity contribution in [1.29, 1.82) is 0 Å². The number of hydrogen-bond donors (Lipinski definition) is 3. The predicted molar refractivity (Wildman–Crippen MR) is 231 cm³/mol. The molecule has 0 aromatic carbocycles. The van der Waals surface area contributed by atoms with E-state index in [9.17, 15) is 19.4 Å². The molecule has 0 bridgehead atoms. The van der Waals surface area contributed by atoms with Crippen LogP contribution >= 0.6 is 7.82 Å². The number of hydrogen-bond acceptors (Lipinski definition) is 5. The molecule has 0 heterocycles. The van der Waals surface area contributed by atoms with Crippen molar-refractivity contribution >= 4 is 13.7 Å². The van der Waals surface area contributed by atoms with Crippen molar-refractivity contribution in [3.05, 3.63) is 12.2 Å². The van der Waals surface area contributed by atoms with Crippen LogP contribution in [0.5, 0.6) is 0 Å². The maximum Gasteiger partial charge on any atom is 0.472 e. The lowest BCUT2D eigenvalue weighted by Crippen LogP contribution is -2.45. The largest absolute Gasteiger partial charge is 0.472 e. The highest BCUT2D eigenvalue weighted by atomic mass is 31.2. The molecule has 0 aromatic heterocycles. The quantitative estimate of drug-likeness (QED) is 0.0246. The summed E-state index contributed by atoms with van der Waals surface area (Å²) in [7, 11) is 1.58. The van der Waals surface area contributed by atoms with Crippen LogP contribution in [0, 0.1) is 0 Å². The summed E-state index contributed by atoms with van der Waals surface area (Å²) in [5.74, 6) is -0.174. The Balaban J connectivity index is 4.37. The van der Waals surface area contributed by atoms with Gasteiger partial charge in [0.2, 0.25) is 5.91 Å². The number of rotatable bonds is 42. The molecule has 0 radical (unpaired) electrons. The first-order valence-corrected chi connectivity index (χ1v) is 24.6. The molecule has 0 aromatic rings. The van der Waals surface area contributed by atoms with Crippen LogP contribution in [-0.2, 0) is 18.4 Å². The normalized spacial score (nSPS) is 14.4. The minimum Gasteiger partial charge on any atom is -0.387 e. The average molecular weight is 788 g/mol. The summed E-state index contributed by atoms with van der Waals surface area (Å²) in [4.78, 5) is 23.1. The zero-order valence-electron chi connectivity index (χ0n) is 36.5. The van der Waals surface area contributed by atoms with Crippen molar-refractivity contribution in [2.75, 3.05) is 40.9 Å². The number of nitrogens with one attached hydrogen (secondary N) is 1. The van der Waals surface area contributed by atoms with Gasteiger partial charge in [-0.2, -0.15) is 0 Å². The van der Waals surface area contributed by atoms with E-state index in [1.807, 2.05) is 27.2 Å². The van der Waals surface area contributed by atoms with E-state index in [1.165, 1.54) is 167 Å². The fourth-order valence-corrected chi connectivity index (χ4v) is 7.54. The van der Waals surface area contributed by atoms with Gasteiger partial charge in [-0.3, -0.25) is 13.8 Å². The first kappa shape index (κ1) is 53.2. The highest BCUT2D eigenvalue weighted by Gasteiger charge is 2.27. The van der Waals surface area contributed by atoms with Gasteiger partial charge in [0.25, 0.3) is 0 Å². The molecule has 322 valence electrons. The number of amides is 1. The summed E-state index contributed by atoms with van der Waals surface area (Å²) < 4.78 is 23.6. The van der Waals surface area contributed by atoms with E-state index < -0.39 is 20.0 Å². The van der Waals surface area contributed by atoms with E-state index >= 15 is 0 Å². The summed E-state index contributed by atoms with van der Waals surface area (Å²) in [5.41, 5.74) is 0. The summed E-state index contributed by atoms with van der Waals surface area (Å²) in [6.45, 7) is 4.83. The highest BCUT2D eigenvalue weighted by Crippen LogP contribution is 2.43. The Morgan fingerprint density at radius 3 is 1.37 bits per heavy atom. The molecule has 54 heavy (non-hydrogen) atoms. The summed E-state index contributed by atoms with van der Waals surface area (Å²) >= 11 is 0. The maximum absolute atomic E-state index is 12.9. The van der Waals surface area contributed by atoms with Crippen molar-refractivity contribution in [2.45, 2.75) is 231 Å². The number of aliphatic hydroxyl groups excluding tert-OH is 1. The predicted octanol–water partition coefficient (Wildman–Crippen LogP) is 12.8. The second-order valence-electron chi connectivity index (χ2n) is 17.1. The van der Waals surface area contributed by atoms with E-state index in [0.29, 0.717) is 17.4 Å². The molecule has 3 unspecified atom stereocenters. The van der Waals surface area contributed by atoms with Crippen LogP contribution in [0.15, 0.2) is 12.2 Å². The minimum absolute atomic E-state index is 0.0647. The lowest BCUT2D eigenvalue weighted by molar-refractivity contribution is -0.870. The summed E-state index contributed by atoms with van der Waals surface area (Å²) in [6.07, 6.45) is 42.7. The lowest BCUT2D eigenvalue weighted by atomic mass is 10.0. The minimum atomic E-state index is -4.33. The van der Waals surface area contributed by atoms with Gasteiger partial charge < -0.3 is 19.8 Å². The molecule has 3 N–H and O–H groups in total. The zero-order chi connectivity index (χ0) is 40.0. The third-order valence-corrected chi connectivity index (χ3v) is 11.5. The SMILES string of the molecule is CCCCCCCCCCCCCCC/C=C/C(O)C(COP(=O)(O)OCC[N+](C)(C)C)NC(=O)CCCCCCCCCCCCCCCCCCC. The van der Waals surface area contributed by atoms with Crippen LogP contribution in [-0.4, -0.2) is 73.4 Å². The Kier molecular flexibility index (Phi) is 37.3. The highest BCUT2D eigenvalue weighted by molar-refractivity contribution is 7.47. The molecule has 0 aliphatic carbocycles. The number of unbranched alkanes of at least 4 members (excludes halogenated alkanes) is 29. The van der Waals surface area contributed by atoms with Crippen LogP contribution in [0.25, 0.3) is 0 Å². The Morgan fingerprint density at radius 2 is 0.981 bits per heavy atom. The molecule has 1 amide bonds. The Bertz CT molecular complexity index is 896. The van der Waals surface area contributed by atoms with Gasteiger partial charge in [-0.25, -0.2) is 4.57 Å². The number of carbonyl (C=O) groups excluding carboxylic acids is 1. The van der Waals surface area contributed by atoms with Gasteiger partial charge in [0.1, 0.15) is 13.2 Å². The first-order chi connectivity index (χ1) is 26.0. The van der Waals surface area contributed by atoms with Gasteiger partial charge >= 0.3 is 7.82 Å². The number of aliphatic hydroxyl groups is 1. The van der Waals surface area contributed by atoms with Crippen LogP contribution < -0.4 is 5.32 Å². The van der Waals surface area contributed by atoms with Gasteiger partial charge in [-0.15, -0.1) is 0 Å². The fraction of sp³-hybridized carbons (Fsp3) is 0.933. The number of nitrogens with zero attached hydrogens (tertiary/aromatic N) is 1. The molecule has 0 aliphatic rings. The van der Waals surface area contributed by atoms with Gasteiger partial charge in [0, 0.05) is 6.42 Å². The number of quaternary nitrogens is 1. The van der Waals surface area contributed by atoms with Crippen molar-refractivity contribution in [3.63, 3.8) is 0 Å². The third kappa shape index (κ3) is 39.5. The summed E-state index contributed by atoms with van der Waals surface area (Å²) in [5, 5.41) is 13.8. The molecule has 0 fully saturated rings. The van der Waals surface area contributed by atoms with Crippen molar-refractivity contribution in [3.8, 4) is 0 Å². The van der Waals surface area contributed by atoms with Gasteiger partial charge in [0.15, 0.2) is 0 Å². The molecule has 0 saturated heterocycles. The number of likely N-dealkylation sites (N-methyl/N-ethyl adjacent to an activating group) is 1. The average Bonchev–Trinajstić information content (AvgIpc) is 3.12. The number of allylic oxidation sites excluding steroid dienone is 1. The Labute approximate surface area is 335 Å². The molecule has 0 saturated carbocycles. The summed E-state index contributed by atoms with van der Waals surface area (Å²) in [6, 6.07) is -0.839. The van der Waals surface area contributed by atoms with Crippen LogP contribution in [0.3, 0.4) is 0 Å². The molecular formula is C45H92N2O6P+. The molecule has 0 spiro atoms. The van der Waals surface area contributed by atoms with E-state index in [2.05, 4.69) is 19.2 Å². The van der Waals surface area contributed by atoms with E-state index in [1.54, 1.807) is 6.08 Å².